The first-order valence-corrected chi connectivity index (χ1v) is 18.5. The molecule has 1 fully saturated rings. The van der Waals surface area contributed by atoms with E-state index in [9.17, 15) is 0 Å². The summed E-state index contributed by atoms with van der Waals surface area (Å²) < 4.78 is 27.8. The van der Waals surface area contributed by atoms with Crippen molar-refractivity contribution in [3.8, 4) is 0 Å². The highest BCUT2D eigenvalue weighted by Gasteiger charge is 2.53. The molecule has 0 radical (unpaired) electrons. The van der Waals surface area contributed by atoms with Crippen LogP contribution in [0, 0.1) is 0 Å². The fourth-order valence-electron chi connectivity index (χ4n) is 6.79. The molecule has 1 aliphatic rings. The van der Waals surface area contributed by atoms with Crippen molar-refractivity contribution in [2.24, 2.45) is 0 Å². The van der Waals surface area contributed by atoms with Gasteiger partial charge in [0, 0.05) is 18.1 Å². The van der Waals surface area contributed by atoms with Crippen LogP contribution in [0.1, 0.15) is 38.9 Å². The van der Waals surface area contributed by atoms with E-state index < -0.39 is 18.3 Å². The molecule has 0 spiro atoms. The molecule has 0 aliphatic carbocycles. The van der Waals surface area contributed by atoms with E-state index in [1.807, 2.05) is 60.1 Å². The van der Waals surface area contributed by atoms with Gasteiger partial charge < -0.3 is 18.9 Å². The molecular formula is C44H44N2O4S. The number of thiazole rings is 1. The Morgan fingerprint density at radius 2 is 0.922 bits per heavy atom. The Labute approximate surface area is 305 Å². The summed E-state index contributed by atoms with van der Waals surface area (Å²) in [7, 11) is 0. The van der Waals surface area contributed by atoms with Gasteiger partial charge in [0.25, 0.3) is 0 Å². The van der Waals surface area contributed by atoms with Crippen LogP contribution >= 0.6 is 11.3 Å². The highest BCUT2D eigenvalue weighted by molar-refractivity contribution is 7.09. The van der Waals surface area contributed by atoms with Crippen LogP contribution < -0.4 is 0 Å². The third kappa shape index (κ3) is 9.45. The monoisotopic (exact) mass is 696 g/mol. The number of nitrogens with zero attached hydrogens (tertiary/aromatic N) is 2. The van der Waals surface area contributed by atoms with E-state index in [4.69, 9.17) is 23.9 Å². The second-order valence-electron chi connectivity index (χ2n) is 12.8. The van der Waals surface area contributed by atoms with Crippen LogP contribution in [-0.4, -0.2) is 40.8 Å². The number of piperidine rings is 1. The second-order valence-corrected chi connectivity index (χ2v) is 13.8. The van der Waals surface area contributed by atoms with Gasteiger partial charge in [0.15, 0.2) is 0 Å². The van der Waals surface area contributed by atoms with E-state index in [1.54, 1.807) is 11.3 Å². The van der Waals surface area contributed by atoms with Crippen LogP contribution in [0.5, 0.6) is 0 Å². The number of hydrogen-bond acceptors (Lipinski definition) is 7. The van der Waals surface area contributed by atoms with E-state index >= 15 is 0 Å². The highest BCUT2D eigenvalue weighted by atomic mass is 32.1. The number of likely N-dealkylation sites (tertiary alicyclic amines) is 1. The molecule has 5 aromatic carbocycles. The van der Waals surface area contributed by atoms with E-state index in [-0.39, 0.29) is 12.1 Å². The van der Waals surface area contributed by atoms with Crippen LogP contribution in [0.4, 0.5) is 0 Å². The Morgan fingerprint density at radius 1 is 0.490 bits per heavy atom. The van der Waals surface area contributed by atoms with Crippen LogP contribution in [0.25, 0.3) is 0 Å². The summed E-state index contributed by atoms with van der Waals surface area (Å²) in [6.07, 6.45) is 0.637. The first-order chi connectivity index (χ1) is 25.3. The SMILES string of the molecule is c1ccc(COC[C@H]2[C@@H](OCc3ccccc3)[C@H](OCc3ccccc3)[C@@H](OCc3ccccc3)[C@H](c3nccs3)N2Cc2ccccc2)cc1. The van der Waals surface area contributed by atoms with Crippen molar-refractivity contribution in [3.05, 3.63) is 196 Å². The van der Waals surface area contributed by atoms with Gasteiger partial charge in [0.05, 0.1) is 45.1 Å². The molecule has 51 heavy (non-hydrogen) atoms. The Kier molecular flexibility index (Phi) is 12.4. The van der Waals surface area contributed by atoms with Gasteiger partial charge in [-0.15, -0.1) is 11.3 Å². The summed E-state index contributed by atoms with van der Waals surface area (Å²) in [5, 5.41) is 3.02. The Balaban J connectivity index is 1.31. The van der Waals surface area contributed by atoms with Gasteiger partial charge in [-0.3, -0.25) is 4.90 Å². The van der Waals surface area contributed by atoms with Gasteiger partial charge in [-0.05, 0) is 27.8 Å². The third-order valence-corrected chi connectivity index (χ3v) is 10.1. The standard InChI is InChI=1S/C44H44N2O4S/c1-6-16-34(17-7-1)28-46-39(33-47-29-35-18-8-2-9-19-35)41(48-30-36-20-10-3-11-21-36)43(50-32-38-24-14-5-15-25-38)42(40(46)44-45-26-27-51-44)49-31-37-22-12-4-13-23-37/h1-27,39-43H,28-33H2/t39-,40+,41+,42-,43-/m0/s1. The van der Waals surface area contributed by atoms with Crippen LogP contribution in [0.2, 0.25) is 0 Å². The third-order valence-electron chi connectivity index (χ3n) is 9.29. The molecular weight excluding hydrogens is 653 g/mol. The minimum Gasteiger partial charge on any atom is -0.375 e. The summed E-state index contributed by atoms with van der Waals surface area (Å²) in [6.45, 7) is 2.86. The van der Waals surface area contributed by atoms with Gasteiger partial charge in [-0.25, -0.2) is 4.98 Å². The maximum Gasteiger partial charge on any atom is 0.114 e. The molecule has 1 aromatic heterocycles. The van der Waals surface area contributed by atoms with Crippen molar-refractivity contribution in [1.29, 1.82) is 0 Å². The van der Waals surface area contributed by atoms with Crippen LogP contribution in [0.15, 0.2) is 163 Å². The number of ether oxygens (including phenoxy) is 4. The molecule has 7 heteroatoms. The average Bonchev–Trinajstić information content (AvgIpc) is 3.73. The second kappa shape index (κ2) is 18.1. The first-order valence-electron chi connectivity index (χ1n) is 17.6. The zero-order chi connectivity index (χ0) is 34.5. The first kappa shape index (κ1) is 35.0. The summed E-state index contributed by atoms with van der Waals surface area (Å²) in [4.78, 5) is 7.42. The molecule has 6 aromatic rings. The van der Waals surface area contributed by atoms with Gasteiger partial charge in [0.2, 0.25) is 0 Å². The summed E-state index contributed by atoms with van der Waals surface area (Å²) in [5.41, 5.74) is 5.61. The number of benzene rings is 5. The van der Waals surface area contributed by atoms with E-state index in [1.165, 1.54) is 5.56 Å². The predicted molar refractivity (Wildman–Crippen MR) is 202 cm³/mol. The minimum atomic E-state index is -0.441. The lowest BCUT2D eigenvalue weighted by Gasteiger charge is -2.52. The fourth-order valence-corrected chi connectivity index (χ4v) is 7.58. The maximum absolute atomic E-state index is 7.06. The topological polar surface area (TPSA) is 53.1 Å². The van der Waals surface area contributed by atoms with E-state index in [0.717, 1.165) is 27.3 Å². The van der Waals surface area contributed by atoms with Gasteiger partial charge in [-0.1, -0.05) is 152 Å². The predicted octanol–water partition coefficient (Wildman–Crippen LogP) is 9.04. The molecule has 6 nitrogen and oxygen atoms in total. The molecule has 7 rings (SSSR count). The maximum atomic E-state index is 7.06. The summed E-state index contributed by atoms with van der Waals surface area (Å²) >= 11 is 1.65. The number of hydrogen-bond donors (Lipinski definition) is 0. The zero-order valence-corrected chi connectivity index (χ0v) is 29.5. The smallest absolute Gasteiger partial charge is 0.114 e. The molecule has 1 saturated heterocycles. The lowest BCUT2D eigenvalue weighted by atomic mass is 9.86. The van der Waals surface area contributed by atoms with Crippen molar-refractivity contribution in [3.63, 3.8) is 0 Å². The van der Waals surface area contributed by atoms with Crippen LogP contribution in [0.3, 0.4) is 0 Å². The quantitative estimate of drug-likeness (QED) is 0.101. The Bertz CT molecular complexity index is 1830. The molecule has 1 aliphatic heterocycles. The molecule has 0 N–H and O–H groups in total. The van der Waals surface area contributed by atoms with Crippen molar-refractivity contribution < 1.29 is 18.9 Å². The van der Waals surface area contributed by atoms with Gasteiger partial charge in [-0.2, -0.15) is 0 Å². The van der Waals surface area contributed by atoms with E-state index in [2.05, 4.69) is 108 Å². The van der Waals surface area contributed by atoms with Crippen molar-refractivity contribution in [1.82, 2.24) is 9.88 Å². The largest absolute Gasteiger partial charge is 0.375 e. The molecule has 0 amide bonds. The summed E-state index contributed by atoms with van der Waals surface area (Å²) in [5.74, 6) is 0. The molecule has 5 atom stereocenters. The average molecular weight is 697 g/mol. The normalized spacial score (nSPS) is 20.7. The molecule has 260 valence electrons. The number of aromatic nitrogens is 1. The fraction of sp³-hybridized carbons (Fsp3) is 0.250. The Morgan fingerprint density at radius 3 is 1.39 bits per heavy atom. The number of rotatable bonds is 16. The molecule has 0 unspecified atom stereocenters. The van der Waals surface area contributed by atoms with Gasteiger partial charge in [0.1, 0.15) is 23.3 Å². The molecule has 0 saturated carbocycles. The van der Waals surface area contributed by atoms with Crippen molar-refractivity contribution >= 4 is 11.3 Å². The van der Waals surface area contributed by atoms with Gasteiger partial charge >= 0.3 is 0 Å². The minimum absolute atomic E-state index is 0.191. The van der Waals surface area contributed by atoms with Crippen molar-refractivity contribution in [2.45, 2.75) is 63.4 Å². The molecule has 2 heterocycles. The zero-order valence-electron chi connectivity index (χ0n) is 28.7. The van der Waals surface area contributed by atoms with Crippen LogP contribution in [-0.2, 0) is 51.9 Å². The Hall–Kier alpha value is -4.47. The molecule has 0 bridgehead atoms. The lowest BCUT2D eigenvalue weighted by Crippen LogP contribution is -2.65. The lowest BCUT2D eigenvalue weighted by molar-refractivity contribution is -0.233. The van der Waals surface area contributed by atoms with E-state index in [0.29, 0.717) is 39.6 Å². The van der Waals surface area contributed by atoms with Crippen molar-refractivity contribution in [2.75, 3.05) is 6.61 Å². The highest BCUT2D eigenvalue weighted by Crippen LogP contribution is 2.42. The summed E-state index contributed by atoms with van der Waals surface area (Å²) in [6, 6.07) is 51.5.